The van der Waals surface area contributed by atoms with Crippen LogP contribution in [0.25, 0.3) is 0 Å². The third kappa shape index (κ3) is 4.27. The SMILES string of the molecule is CCOCCN(C)C(=O)c1cc(Cl)nc(CC)c1. The molecule has 100 valence electrons. The Balaban J connectivity index is 2.73. The molecular formula is C13H19ClN2O2. The predicted molar refractivity (Wildman–Crippen MR) is 72.1 cm³/mol. The van der Waals surface area contributed by atoms with Gasteiger partial charge in [-0.05, 0) is 25.5 Å². The monoisotopic (exact) mass is 270 g/mol. The summed E-state index contributed by atoms with van der Waals surface area (Å²) in [5.41, 5.74) is 1.40. The number of pyridine rings is 1. The fourth-order valence-electron chi connectivity index (χ4n) is 1.52. The third-order valence-electron chi connectivity index (χ3n) is 2.58. The summed E-state index contributed by atoms with van der Waals surface area (Å²) in [4.78, 5) is 17.9. The molecule has 0 aliphatic heterocycles. The number of hydrogen-bond donors (Lipinski definition) is 0. The van der Waals surface area contributed by atoms with Crippen molar-refractivity contribution in [2.45, 2.75) is 20.3 Å². The minimum atomic E-state index is -0.0614. The first-order chi connectivity index (χ1) is 8.58. The van der Waals surface area contributed by atoms with Gasteiger partial charge in [0.25, 0.3) is 5.91 Å². The van der Waals surface area contributed by atoms with Crippen LogP contribution < -0.4 is 0 Å². The molecule has 18 heavy (non-hydrogen) atoms. The van der Waals surface area contributed by atoms with E-state index in [0.717, 1.165) is 12.1 Å². The molecule has 0 N–H and O–H groups in total. The lowest BCUT2D eigenvalue weighted by molar-refractivity contribution is 0.0709. The maximum Gasteiger partial charge on any atom is 0.253 e. The number of rotatable bonds is 6. The summed E-state index contributed by atoms with van der Waals surface area (Å²) in [5.74, 6) is -0.0614. The minimum Gasteiger partial charge on any atom is -0.380 e. The van der Waals surface area contributed by atoms with Gasteiger partial charge < -0.3 is 9.64 Å². The Morgan fingerprint density at radius 2 is 2.17 bits per heavy atom. The number of aryl methyl sites for hydroxylation is 1. The van der Waals surface area contributed by atoms with E-state index in [-0.39, 0.29) is 5.91 Å². The molecule has 0 aliphatic rings. The highest BCUT2D eigenvalue weighted by Crippen LogP contribution is 2.13. The fraction of sp³-hybridized carbons (Fsp3) is 0.538. The van der Waals surface area contributed by atoms with E-state index in [1.165, 1.54) is 0 Å². The fourth-order valence-corrected chi connectivity index (χ4v) is 1.75. The minimum absolute atomic E-state index is 0.0614. The van der Waals surface area contributed by atoms with E-state index in [1.54, 1.807) is 24.1 Å². The second kappa shape index (κ2) is 7.34. The van der Waals surface area contributed by atoms with Crippen molar-refractivity contribution in [3.63, 3.8) is 0 Å². The van der Waals surface area contributed by atoms with E-state index in [1.807, 2.05) is 13.8 Å². The van der Waals surface area contributed by atoms with Gasteiger partial charge in [-0.15, -0.1) is 0 Å². The number of aromatic nitrogens is 1. The van der Waals surface area contributed by atoms with Crippen LogP contribution in [0.4, 0.5) is 0 Å². The molecule has 1 aromatic rings. The van der Waals surface area contributed by atoms with E-state index < -0.39 is 0 Å². The molecule has 4 nitrogen and oxygen atoms in total. The number of carbonyl (C=O) groups is 1. The molecule has 0 radical (unpaired) electrons. The summed E-state index contributed by atoms with van der Waals surface area (Å²) >= 11 is 5.90. The Morgan fingerprint density at radius 3 is 2.78 bits per heavy atom. The predicted octanol–water partition coefficient (Wildman–Crippen LogP) is 2.41. The van der Waals surface area contributed by atoms with Crippen molar-refractivity contribution < 1.29 is 9.53 Å². The largest absolute Gasteiger partial charge is 0.380 e. The highest BCUT2D eigenvalue weighted by molar-refractivity contribution is 6.29. The van der Waals surface area contributed by atoms with Gasteiger partial charge in [0.05, 0.1) is 6.61 Å². The Labute approximate surface area is 113 Å². The Hall–Kier alpha value is -1.13. The molecule has 0 unspecified atom stereocenters. The van der Waals surface area contributed by atoms with Crippen molar-refractivity contribution in [1.82, 2.24) is 9.88 Å². The van der Waals surface area contributed by atoms with Crippen molar-refractivity contribution in [2.75, 3.05) is 26.8 Å². The standard InChI is InChI=1S/C13H19ClN2O2/c1-4-11-8-10(9-12(14)15-11)13(17)16(3)6-7-18-5-2/h8-9H,4-7H2,1-3H3. The van der Waals surface area contributed by atoms with Crippen LogP contribution in [0.5, 0.6) is 0 Å². The topological polar surface area (TPSA) is 42.4 Å². The normalized spacial score (nSPS) is 10.4. The van der Waals surface area contributed by atoms with Gasteiger partial charge in [-0.1, -0.05) is 18.5 Å². The molecule has 1 heterocycles. The molecule has 0 aromatic carbocycles. The highest BCUT2D eigenvalue weighted by Gasteiger charge is 2.13. The Bertz CT molecular complexity index is 410. The van der Waals surface area contributed by atoms with Crippen LogP contribution in [-0.2, 0) is 11.2 Å². The van der Waals surface area contributed by atoms with Crippen LogP contribution in [0.15, 0.2) is 12.1 Å². The lowest BCUT2D eigenvalue weighted by Gasteiger charge is -2.17. The molecule has 0 bridgehead atoms. The van der Waals surface area contributed by atoms with Gasteiger partial charge in [-0.3, -0.25) is 4.79 Å². The van der Waals surface area contributed by atoms with Crippen LogP contribution in [0, 0.1) is 0 Å². The summed E-state index contributed by atoms with van der Waals surface area (Å²) in [6.45, 7) is 5.67. The number of halogens is 1. The molecule has 0 saturated heterocycles. The van der Waals surface area contributed by atoms with Crippen molar-refractivity contribution in [3.8, 4) is 0 Å². The first-order valence-corrected chi connectivity index (χ1v) is 6.46. The van der Waals surface area contributed by atoms with E-state index in [4.69, 9.17) is 16.3 Å². The number of amides is 1. The Kier molecular flexibility index (Phi) is 6.09. The second-order valence-corrected chi connectivity index (χ2v) is 4.33. The van der Waals surface area contributed by atoms with Gasteiger partial charge in [-0.25, -0.2) is 4.98 Å². The number of ether oxygens (including phenoxy) is 1. The lowest BCUT2D eigenvalue weighted by atomic mass is 10.2. The molecule has 1 rings (SSSR count). The summed E-state index contributed by atoms with van der Waals surface area (Å²) in [6, 6.07) is 3.38. The van der Waals surface area contributed by atoms with Crippen molar-refractivity contribution in [2.24, 2.45) is 0 Å². The van der Waals surface area contributed by atoms with Gasteiger partial charge in [-0.2, -0.15) is 0 Å². The van der Waals surface area contributed by atoms with Gasteiger partial charge in [0.1, 0.15) is 5.15 Å². The summed E-state index contributed by atoms with van der Waals surface area (Å²) in [6.07, 6.45) is 0.753. The summed E-state index contributed by atoms with van der Waals surface area (Å²) in [5, 5.41) is 0.357. The Morgan fingerprint density at radius 1 is 1.44 bits per heavy atom. The van der Waals surface area contributed by atoms with Crippen molar-refractivity contribution in [3.05, 3.63) is 28.5 Å². The summed E-state index contributed by atoms with van der Waals surface area (Å²) < 4.78 is 5.23. The van der Waals surface area contributed by atoms with Crippen LogP contribution in [0.2, 0.25) is 5.15 Å². The molecule has 5 heteroatoms. The van der Waals surface area contributed by atoms with E-state index in [9.17, 15) is 4.79 Å². The maximum absolute atomic E-state index is 12.1. The van der Waals surface area contributed by atoms with Gasteiger partial charge in [0, 0.05) is 31.5 Å². The van der Waals surface area contributed by atoms with Crippen LogP contribution in [0.3, 0.4) is 0 Å². The molecule has 1 aromatic heterocycles. The molecular weight excluding hydrogens is 252 g/mol. The zero-order chi connectivity index (χ0) is 13.5. The molecule has 0 fully saturated rings. The van der Waals surface area contributed by atoms with Crippen LogP contribution in [-0.4, -0.2) is 42.6 Å². The highest BCUT2D eigenvalue weighted by atomic mass is 35.5. The van der Waals surface area contributed by atoms with E-state index >= 15 is 0 Å². The van der Waals surface area contributed by atoms with Crippen LogP contribution in [0.1, 0.15) is 29.9 Å². The maximum atomic E-state index is 12.1. The summed E-state index contributed by atoms with van der Waals surface area (Å²) in [7, 11) is 1.75. The molecule has 0 aliphatic carbocycles. The van der Waals surface area contributed by atoms with Gasteiger partial charge in [0.15, 0.2) is 0 Å². The average molecular weight is 271 g/mol. The van der Waals surface area contributed by atoms with Crippen molar-refractivity contribution >= 4 is 17.5 Å². The third-order valence-corrected chi connectivity index (χ3v) is 2.77. The van der Waals surface area contributed by atoms with Crippen molar-refractivity contribution in [1.29, 1.82) is 0 Å². The lowest BCUT2D eigenvalue weighted by Crippen LogP contribution is -2.30. The van der Waals surface area contributed by atoms with Gasteiger partial charge >= 0.3 is 0 Å². The first kappa shape index (κ1) is 14.9. The quantitative estimate of drug-likeness (QED) is 0.589. The second-order valence-electron chi connectivity index (χ2n) is 3.95. The number of carbonyl (C=O) groups excluding carboxylic acids is 1. The van der Waals surface area contributed by atoms with E-state index in [0.29, 0.717) is 30.5 Å². The molecule has 1 amide bonds. The zero-order valence-corrected chi connectivity index (χ0v) is 11.8. The van der Waals surface area contributed by atoms with Gasteiger partial charge in [0.2, 0.25) is 0 Å². The van der Waals surface area contributed by atoms with Crippen LogP contribution >= 0.6 is 11.6 Å². The number of nitrogens with zero attached hydrogens (tertiary/aromatic N) is 2. The zero-order valence-electron chi connectivity index (χ0n) is 11.1. The molecule has 0 atom stereocenters. The smallest absolute Gasteiger partial charge is 0.253 e. The molecule has 0 saturated carbocycles. The average Bonchev–Trinajstić information content (AvgIpc) is 2.37. The number of hydrogen-bond acceptors (Lipinski definition) is 3. The van der Waals surface area contributed by atoms with E-state index in [2.05, 4.69) is 4.98 Å². The first-order valence-electron chi connectivity index (χ1n) is 6.08. The number of likely N-dealkylation sites (N-methyl/N-ethyl adjacent to an activating group) is 1. The molecule has 0 spiro atoms.